The van der Waals surface area contributed by atoms with Crippen molar-refractivity contribution in [1.82, 2.24) is 0 Å². The van der Waals surface area contributed by atoms with Gasteiger partial charge in [-0.3, -0.25) is 0 Å². The Morgan fingerprint density at radius 2 is 1.33 bits per heavy atom. The van der Waals surface area contributed by atoms with E-state index < -0.39 is 16.7 Å². The van der Waals surface area contributed by atoms with Crippen molar-refractivity contribution < 1.29 is 17.4 Å². The van der Waals surface area contributed by atoms with Gasteiger partial charge in [0.2, 0.25) is 0 Å². The van der Waals surface area contributed by atoms with Crippen LogP contribution in [0.1, 0.15) is 0 Å². The van der Waals surface area contributed by atoms with Crippen LogP contribution in [0.3, 0.4) is 0 Å². The second-order valence-corrected chi connectivity index (χ2v) is 9.91. The van der Waals surface area contributed by atoms with E-state index in [1.807, 2.05) is 0 Å². The predicted octanol–water partition coefficient (Wildman–Crippen LogP) is 1.32. The first-order valence-corrected chi connectivity index (χ1v) is 8.99. The minimum atomic E-state index is -2.57. The molecule has 0 bridgehead atoms. The van der Waals surface area contributed by atoms with E-state index in [0.717, 1.165) is 0 Å². The maximum atomic E-state index is 5.93. The Morgan fingerprint density at radius 1 is 0.917 bits per heavy atom. The molecule has 0 fully saturated rings. The van der Waals surface area contributed by atoms with E-state index in [1.54, 1.807) is 13.1 Å². The highest BCUT2D eigenvalue weighted by atomic mass is 35.6. The third-order valence-corrected chi connectivity index (χ3v) is 7.79. The van der Waals surface area contributed by atoms with E-state index in [0.29, 0.717) is 0 Å². The molecule has 0 aliphatic heterocycles. The molecule has 0 spiro atoms. The van der Waals surface area contributed by atoms with Crippen molar-refractivity contribution in [3.63, 3.8) is 0 Å². The number of halogens is 1. The van der Waals surface area contributed by atoms with Crippen LogP contribution in [0.5, 0.6) is 0 Å². The normalized spacial score (nSPS) is 17.5. The van der Waals surface area contributed by atoms with Crippen LogP contribution in [0.4, 0.5) is 0 Å². The SMILES string of the molecule is CO[Si](C)(Cl)O[Si](C)(OC)OC. The zero-order valence-corrected chi connectivity index (χ0v) is 10.8. The van der Waals surface area contributed by atoms with E-state index in [4.69, 9.17) is 28.5 Å². The highest BCUT2D eigenvalue weighted by Crippen LogP contribution is 2.19. The maximum absolute atomic E-state index is 5.93. The first kappa shape index (κ1) is 12.6. The van der Waals surface area contributed by atoms with Gasteiger partial charge in [0.25, 0.3) is 0 Å². The van der Waals surface area contributed by atoms with Crippen LogP contribution in [0, 0.1) is 0 Å². The fourth-order valence-corrected chi connectivity index (χ4v) is 5.62. The monoisotopic (exact) mass is 230 g/mol. The second kappa shape index (κ2) is 4.70. The Kier molecular flexibility index (Phi) is 4.92. The summed E-state index contributed by atoms with van der Waals surface area (Å²) in [6.07, 6.45) is 0. The van der Waals surface area contributed by atoms with E-state index >= 15 is 0 Å². The Labute approximate surface area is 80.0 Å². The molecule has 0 N–H and O–H groups in total. The molecule has 0 saturated heterocycles. The first-order valence-electron chi connectivity index (χ1n) is 3.43. The van der Waals surface area contributed by atoms with Crippen LogP contribution < -0.4 is 0 Å². The number of rotatable bonds is 5. The predicted molar refractivity (Wildman–Crippen MR) is 51.2 cm³/mol. The van der Waals surface area contributed by atoms with E-state index in [2.05, 4.69) is 0 Å². The summed E-state index contributed by atoms with van der Waals surface area (Å²) in [6.45, 7) is 3.48. The zero-order chi connectivity index (χ0) is 9.83. The van der Waals surface area contributed by atoms with Gasteiger partial charge in [-0.05, 0) is 6.55 Å². The molecule has 0 aromatic rings. The molecular weight excluding hydrogens is 216 g/mol. The molecule has 0 aromatic heterocycles. The highest BCUT2D eigenvalue weighted by Gasteiger charge is 2.42. The Hall–Kier alpha value is 0.564. The summed E-state index contributed by atoms with van der Waals surface area (Å²) in [5.74, 6) is 0. The molecule has 0 aliphatic rings. The van der Waals surface area contributed by atoms with Crippen molar-refractivity contribution >= 4 is 27.8 Å². The molecule has 0 aromatic carbocycles. The lowest BCUT2D eigenvalue weighted by molar-refractivity contribution is 0.150. The van der Waals surface area contributed by atoms with Crippen LogP contribution in [-0.2, 0) is 17.4 Å². The highest BCUT2D eigenvalue weighted by molar-refractivity contribution is 7.14. The lowest BCUT2D eigenvalue weighted by Gasteiger charge is -2.28. The van der Waals surface area contributed by atoms with Gasteiger partial charge in [0.15, 0.2) is 0 Å². The summed E-state index contributed by atoms with van der Waals surface area (Å²) in [7, 11) is -0.537. The lowest BCUT2D eigenvalue weighted by Crippen LogP contribution is -2.49. The fourth-order valence-electron chi connectivity index (χ4n) is 0.539. The smallest absolute Gasteiger partial charge is 0.387 e. The number of hydrogen-bond donors (Lipinski definition) is 0. The average Bonchev–Trinajstić information content (AvgIpc) is 2.04. The minimum absolute atomic E-state index is 1.51. The van der Waals surface area contributed by atoms with Crippen molar-refractivity contribution in [2.75, 3.05) is 21.3 Å². The van der Waals surface area contributed by atoms with Gasteiger partial charge in [0.1, 0.15) is 0 Å². The Bertz CT molecular complexity index is 139. The van der Waals surface area contributed by atoms with Crippen LogP contribution >= 0.6 is 11.1 Å². The van der Waals surface area contributed by atoms with Crippen molar-refractivity contribution in [2.45, 2.75) is 13.1 Å². The molecule has 0 rings (SSSR count). The summed E-state index contributed by atoms with van der Waals surface area (Å²) in [5, 5.41) is 0. The molecule has 0 amide bonds. The van der Waals surface area contributed by atoms with Gasteiger partial charge in [-0.25, -0.2) is 0 Å². The van der Waals surface area contributed by atoms with Gasteiger partial charge >= 0.3 is 16.7 Å². The van der Waals surface area contributed by atoms with Crippen molar-refractivity contribution in [3.05, 3.63) is 0 Å². The summed E-state index contributed by atoms with van der Waals surface area (Å²) in [4.78, 5) is 0. The van der Waals surface area contributed by atoms with Gasteiger partial charge < -0.3 is 17.4 Å². The number of hydrogen-bond acceptors (Lipinski definition) is 4. The van der Waals surface area contributed by atoms with Crippen LogP contribution in [0.15, 0.2) is 0 Å². The summed E-state index contributed by atoms with van der Waals surface area (Å²) in [6, 6.07) is 0. The summed E-state index contributed by atoms with van der Waals surface area (Å²) < 4.78 is 20.6. The molecule has 0 saturated carbocycles. The van der Waals surface area contributed by atoms with Crippen molar-refractivity contribution in [3.8, 4) is 0 Å². The van der Waals surface area contributed by atoms with E-state index in [1.165, 1.54) is 21.3 Å². The molecule has 0 heterocycles. The van der Waals surface area contributed by atoms with Gasteiger partial charge in [-0.1, -0.05) is 0 Å². The molecule has 12 heavy (non-hydrogen) atoms. The second-order valence-electron chi connectivity index (χ2n) is 2.41. The van der Waals surface area contributed by atoms with Crippen molar-refractivity contribution in [2.24, 2.45) is 0 Å². The lowest BCUT2D eigenvalue weighted by atomic mass is 11.8. The van der Waals surface area contributed by atoms with Crippen molar-refractivity contribution in [1.29, 1.82) is 0 Å². The molecule has 0 radical (unpaired) electrons. The van der Waals surface area contributed by atoms with Crippen LogP contribution in [0.2, 0.25) is 13.1 Å². The van der Waals surface area contributed by atoms with Gasteiger partial charge in [-0.15, -0.1) is 11.1 Å². The third kappa shape index (κ3) is 3.99. The van der Waals surface area contributed by atoms with Gasteiger partial charge in [-0.2, -0.15) is 0 Å². The molecule has 1 atom stereocenters. The van der Waals surface area contributed by atoms with Crippen LogP contribution in [0.25, 0.3) is 0 Å². The molecule has 74 valence electrons. The topological polar surface area (TPSA) is 36.9 Å². The third-order valence-electron chi connectivity index (χ3n) is 1.47. The molecular formula is C5H15ClO4Si2. The Balaban J connectivity index is 4.20. The molecule has 7 heteroatoms. The first-order chi connectivity index (χ1) is 5.39. The average molecular weight is 231 g/mol. The van der Waals surface area contributed by atoms with Gasteiger partial charge in [0, 0.05) is 27.9 Å². The maximum Gasteiger partial charge on any atom is 0.489 e. The fraction of sp³-hybridized carbons (Fsp3) is 1.00. The quantitative estimate of drug-likeness (QED) is 0.528. The molecule has 1 unspecified atom stereocenters. The van der Waals surface area contributed by atoms with E-state index in [9.17, 15) is 0 Å². The molecule has 4 nitrogen and oxygen atoms in total. The Morgan fingerprint density at radius 3 is 1.58 bits per heavy atom. The standard InChI is InChI=1S/C5H15ClO4Si2/c1-7-11(4,6)10-12(5,8-2)9-3/h1-5H3. The summed E-state index contributed by atoms with van der Waals surface area (Å²) >= 11 is 5.93. The van der Waals surface area contributed by atoms with Crippen LogP contribution in [-0.4, -0.2) is 38.0 Å². The van der Waals surface area contributed by atoms with Gasteiger partial charge in [0.05, 0.1) is 0 Å². The minimum Gasteiger partial charge on any atom is -0.387 e. The summed E-state index contributed by atoms with van der Waals surface area (Å²) in [5.41, 5.74) is 0. The largest absolute Gasteiger partial charge is 0.489 e. The van der Waals surface area contributed by atoms with E-state index in [-0.39, 0.29) is 0 Å². The zero-order valence-electron chi connectivity index (χ0n) is 8.01. The molecule has 0 aliphatic carbocycles.